The van der Waals surface area contributed by atoms with Gasteiger partial charge in [0.25, 0.3) is 5.91 Å². The summed E-state index contributed by atoms with van der Waals surface area (Å²) in [5, 5.41) is 7.18. The van der Waals surface area contributed by atoms with E-state index < -0.39 is 0 Å². The fourth-order valence-corrected chi connectivity index (χ4v) is 2.06. The number of amides is 1. The third kappa shape index (κ3) is 5.43. The van der Waals surface area contributed by atoms with Crippen molar-refractivity contribution in [1.82, 2.24) is 5.43 Å². The Morgan fingerprint density at radius 2 is 1.75 bits per heavy atom. The number of aryl methyl sites for hydroxylation is 1. The first-order valence-corrected chi connectivity index (χ1v) is 7.95. The van der Waals surface area contributed by atoms with Crippen molar-refractivity contribution in [3.63, 3.8) is 0 Å². The Hall–Kier alpha value is -2.82. The molecule has 5 heteroatoms. The smallest absolute Gasteiger partial charge is 0.259 e. The molecule has 2 rings (SSSR count). The maximum absolute atomic E-state index is 11.9. The molecule has 0 bridgehead atoms. The molecule has 0 unspecified atom stereocenters. The second kappa shape index (κ2) is 8.72. The summed E-state index contributed by atoms with van der Waals surface area (Å²) in [6, 6.07) is 15.5. The lowest BCUT2D eigenvalue weighted by Gasteiger charge is -2.08. The second-order valence-corrected chi connectivity index (χ2v) is 5.41. The highest BCUT2D eigenvalue weighted by Crippen LogP contribution is 2.15. The minimum absolute atomic E-state index is 0.151. The summed E-state index contributed by atoms with van der Waals surface area (Å²) in [4.78, 5) is 11.9. The number of hydrazone groups is 1. The van der Waals surface area contributed by atoms with E-state index in [0.717, 1.165) is 22.7 Å². The van der Waals surface area contributed by atoms with Gasteiger partial charge in [0.1, 0.15) is 5.75 Å². The highest BCUT2D eigenvalue weighted by molar-refractivity contribution is 5.99. The zero-order valence-electron chi connectivity index (χ0n) is 14.3. The van der Waals surface area contributed by atoms with Crippen molar-refractivity contribution in [2.45, 2.75) is 20.8 Å². The van der Waals surface area contributed by atoms with Gasteiger partial charge in [-0.05, 0) is 50.6 Å². The summed E-state index contributed by atoms with van der Waals surface area (Å²) in [5.41, 5.74) is 6.36. The van der Waals surface area contributed by atoms with Gasteiger partial charge >= 0.3 is 0 Å². The van der Waals surface area contributed by atoms with Crippen LogP contribution >= 0.6 is 0 Å². The van der Waals surface area contributed by atoms with Crippen LogP contribution in [0.15, 0.2) is 53.6 Å². The Kier molecular flexibility index (Phi) is 6.37. The Morgan fingerprint density at radius 3 is 2.38 bits per heavy atom. The monoisotopic (exact) mass is 325 g/mol. The molecule has 0 radical (unpaired) electrons. The minimum atomic E-state index is -0.199. The molecule has 0 spiro atoms. The lowest BCUT2D eigenvalue weighted by Crippen LogP contribution is -2.26. The summed E-state index contributed by atoms with van der Waals surface area (Å²) in [7, 11) is 0. The van der Waals surface area contributed by atoms with Gasteiger partial charge < -0.3 is 10.1 Å². The van der Waals surface area contributed by atoms with Crippen molar-refractivity contribution < 1.29 is 9.53 Å². The third-order valence-electron chi connectivity index (χ3n) is 3.44. The Labute approximate surface area is 142 Å². The average Bonchev–Trinajstić information content (AvgIpc) is 2.60. The topological polar surface area (TPSA) is 62.7 Å². The molecule has 5 nitrogen and oxygen atoms in total. The van der Waals surface area contributed by atoms with Crippen molar-refractivity contribution >= 4 is 17.3 Å². The van der Waals surface area contributed by atoms with Gasteiger partial charge in [0.2, 0.25) is 0 Å². The molecule has 0 aromatic heterocycles. The molecule has 0 aliphatic carbocycles. The fourth-order valence-electron chi connectivity index (χ4n) is 2.06. The first-order chi connectivity index (χ1) is 11.6. The van der Waals surface area contributed by atoms with Gasteiger partial charge in [-0.15, -0.1) is 0 Å². The van der Waals surface area contributed by atoms with E-state index >= 15 is 0 Å². The molecule has 0 aliphatic rings. The van der Waals surface area contributed by atoms with Crippen molar-refractivity contribution in [3.05, 3.63) is 59.7 Å². The Balaban J connectivity index is 1.82. The summed E-state index contributed by atoms with van der Waals surface area (Å²) >= 11 is 0. The predicted molar refractivity (Wildman–Crippen MR) is 97.6 cm³/mol. The number of carbonyl (C=O) groups is 1. The van der Waals surface area contributed by atoms with Gasteiger partial charge in [-0.2, -0.15) is 5.10 Å². The Bertz CT molecular complexity index is 692. The fraction of sp³-hybridized carbons (Fsp3) is 0.263. The van der Waals surface area contributed by atoms with Gasteiger partial charge in [-0.3, -0.25) is 4.79 Å². The molecule has 2 N–H and O–H groups in total. The molecular weight excluding hydrogens is 302 g/mol. The Morgan fingerprint density at radius 1 is 1.08 bits per heavy atom. The summed E-state index contributed by atoms with van der Waals surface area (Å²) in [5.74, 6) is 0.612. The van der Waals surface area contributed by atoms with E-state index in [0.29, 0.717) is 6.61 Å². The van der Waals surface area contributed by atoms with Crippen LogP contribution in [0.3, 0.4) is 0 Å². The van der Waals surface area contributed by atoms with E-state index in [1.807, 2.05) is 69.3 Å². The van der Waals surface area contributed by atoms with Crippen LogP contribution in [-0.2, 0) is 4.79 Å². The summed E-state index contributed by atoms with van der Waals surface area (Å²) in [6.07, 6.45) is 0. The van der Waals surface area contributed by atoms with Crippen LogP contribution in [0.5, 0.6) is 5.75 Å². The summed E-state index contributed by atoms with van der Waals surface area (Å²) in [6.45, 7) is 6.62. The lowest BCUT2D eigenvalue weighted by atomic mass is 10.1. The molecule has 24 heavy (non-hydrogen) atoms. The standard InChI is InChI=1S/C19H23N3O2/c1-4-24-18-11-9-17(10-12-18)20-13-19(23)22-21-15(3)16-7-5-14(2)6-8-16/h5-12,20H,4,13H2,1-3H3,(H,22,23)/b21-15-. The van der Waals surface area contributed by atoms with Crippen LogP contribution in [0, 0.1) is 6.92 Å². The number of hydrogen-bond donors (Lipinski definition) is 2. The molecule has 0 atom stereocenters. The largest absolute Gasteiger partial charge is 0.494 e. The van der Waals surface area contributed by atoms with Crippen LogP contribution < -0.4 is 15.5 Å². The van der Waals surface area contributed by atoms with Gasteiger partial charge in [-0.1, -0.05) is 29.8 Å². The van der Waals surface area contributed by atoms with Gasteiger partial charge in [0, 0.05) is 5.69 Å². The van der Waals surface area contributed by atoms with E-state index in [2.05, 4.69) is 15.8 Å². The van der Waals surface area contributed by atoms with E-state index in [-0.39, 0.29) is 12.5 Å². The lowest BCUT2D eigenvalue weighted by molar-refractivity contribution is -0.119. The normalized spacial score (nSPS) is 11.0. The molecule has 0 heterocycles. The highest BCUT2D eigenvalue weighted by Gasteiger charge is 2.02. The molecule has 0 saturated carbocycles. The SMILES string of the molecule is CCOc1ccc(NCC(=O)N/N=C(/C)c2ccc(C)cc2)cc1. The van der Waals surface area contributed by atoms with Crippen LogP contribution in [0.25, 0.3) is 0 Å². The molecule has 126 valence electrons. The first-order valence-electron chi connectivity index (χ1n) is 7.95. The maximum atomic E-state index is 11.9. The number of nitrogens with one attached hydrogen (secondary N) is 2. The number of hydrogen-bond acceptors (Lipinski definition) is 4. The maximum Gasteiger partial charge on any atom is 0.259 e. The molecule has 0 fully saturated rings. The quantitative estimate of drug-likeness (QED) is 0.606. The van der Waals surface area contributed by atoms with Crippen molar-refractivity contribution in [2.24, 2.45) is 5.10 Å². The van der Waals surface area contributed by atoms with E-state index in [4.69, 9.17) is 4.74 Å². The zero-order valence-corrected chi connectivity index (χ0v) is 14.3. The van der Waals surface area contributed by atoms with Crippen LogP contribution in [0.2, 0.25) is 0 Å². The van der Waals surface area contributed by atoms with E-state index in [1.165, 1.54) is 5.56 Å². The van der Waals surface area contributed by atoms with E-state index in [9.17, 15) is 4.79 Å². The highest BCUT2D eigenvalue weighted by atomic mass is 16.5. The summed E-state index contributed by atoms with van der Waals surface area (Å²) < 4.78 is 5.38. The molecule has 2 aromatic rings. The number of anilines is 1. The van der Waals surface area contributed by atoms with Crippen molar-refractivity contribution in [3.8, 4) is 5.75 Å². The number of rotatable bonds is 7. The van der Waals surface area contributed by atoms with Gasteiger partial charge in [-0.25, -0.2) is 5.43 Å². The van der Waals surface area contributed by atoms with Crippen molar-refractivity contribution in [1.29, 1.82) is 0 Å². The van der Waals surface area contributed by atoms with Gasteiger partial charge in [0.05, 0.1) is 18.9 Å². The van der Waals surface area contributed by atoms with Gasteiger partial charge in [0.15, 0.2) is 0 Å². The number of benzene rings is 2. The van der Waals surface area contributed by atoms with Crippen molar-refractivity contribution in [2.75, 3.05) is 18.5 Å². The number of nitrogens with zero attached hydrogens (tertiary/aromatic N) is 1. The number of ether oxygens (including phenoxy) is 1. The zero-order chi connectivity index (χ0) is 17.4. The van der Waals surface area contributed by atoms with Crippen LogP contribution in [0.4, 0.5) is 5.69 Å². The molecule has 2 aromatic carbocycles. The first kappa shape index (κ1) is 17.5. The van der Waals surface area contributed by atoms with Crippen LogP contribution in [0.1, 0.15) is 25.0 Å². The van der Waals surface area contributed by atoms with E-state index in [1.54, 1.807) is 0 Å². The molecule has 0 aliphatic heterocycles. The average molecular weight is 325 g/mol. The molecule has 1 amide bonds. The second-order valence-electron chi connectivity index (χ2n) is 5.41. The molecular formula is C19H23N3O2. The van der Waals surface area contributed by atoms with Crippen LogP contribution in [-0.4, -0.2) is 24.8 Å². The third-order valence-corrected chi connectivity index (χ3v) is 3.44. The minimum Gasteiger partial charge on any atom is -0.494 e. The predicted octanol–water partition coefficient (Wildman–Crippen LogP) is 3.35. The number of carbonyl (C=O) groups excluding carboxylic acids is 1. The molecule has 0 saturated heterocycles.